The number of nitrogens with zero attached hydrogens (tertiary/aromatic N) is 1. The number of pyridine rings is 1. The second kappa shape index (κ2) is 6.37. The number of nitrogen functional groups attached to an aromatic ring is 1. The van der Waals surface area contributed by atoms with E-state index in [4.69, 9.17) is 17.3 Å². The molecule has 1 unspecified atom stereocenters. The standard InChI is InChI=1S/C14H15BrClN3/c1-18-13(6-9-3-2-4-10(15)5-9)12-7-11(16)8-19-14(12)17/h2-5,7-8,13,18H,6H2,1H3,(H2,17,19). The van der Waals surface area contributed by atoms with Gasteiger partial charge in [-0.05, 0) is 37.2 Å². The van der Waals surface area contributed by atoms with E-state index >= 15 is 0 Å². The van der Waals surface area contributed by atoms with E-state index in [0.29, 0.717) is 10.8 Å². The fraction of sp³-hybridized carbons (Fsp3) is 0.214. The molecule has 0 aliphatic rings. The number of halogens is 2. The maximum atomic E-state index is 5.99. The molecule has 0 spiro atoms. The molecule has 0 aliphatic carbocycles. The van der Waals surface area contributed by atoms with E-state index in [9.17, 15) is 0 Å². The zero-order valence-electron chi connectivity index (χ0n) is 10.5. The minimum atomic E-state index is 0.0838. The fourth-order valence-corrected chi connectivity index (χ4v) is 2.62. The van der Waals surface area contributed by atoms with Gasteiger partial charge in [0.25, 0.3) is 0 Å². The Morgan fingerprint density at radius 2 is 2.21 bits per heavy atom. The lowest BCUT2D eigenvalue weighted by atomic mass is 9.99. The van der Waals surface area contributed by atoms with E-state index in [-0.39, 0.29) is 6.04 Å². The van der Waals surface area contributed by atoms with Crippen molar-refractivity contribution in [2.75, 3.05) is 12.8 Å². The van der Waals surface area contributed by atoms with Crippen molar-refractivity contribution >= 4 is 33.3 Å². The van der Waals surface area contributed by atoms with Gasteiger partial charge in [-0.25, -0.2) is 4.98 Å². The molecule has 1 atom stereocenters. The molecule has 1 aromatic heterocycles. The second-order valence-corrected chi connectivity index (χ2v) is 5.66. The van der Waals surface area contributed by atoms with Crippen molar-refractivity contribution in [1.82, 2.24) is 10.3 Å². The average Bonchev–Trinajstić information content (AvgIpc) is 2.39. The van der Waals surface area contributed by atoms with Crippen LogP contribution in [0.3, 0.4) is 0 Å². The van der Waals surface area contributed by atoms with Crippen molar-refractivity contribution in [3.05, 3.63) is 57.2 Å². The summed E-state index contributed by atoms with van der Waals surface area (Å²) in [4.78, 5) is 4.10. The second-order valence-electron chi connectivity index (χ2n) is 4.30. The molecule has 0 aliphatic heterocycles. The van der Waals surface area contributed by atoms with Crippen LogP contribution in [0.4, 0.5) is 5.82 Å². The molecule has 5 heteroatoms. The summed E-state index contributed by atoms with van der Waals surface area (Å²) >= 11 is 9.47. The van der Waals surface area contributed by atoms with Gasteiger partial charge in [0, 0.05) is 22.3 Å². The number of hydrogen-bond donors (Lipinski definition) is 2. The van der Waals surface area contributed by atoms with Crippen LogP contribution < -0.4 is 11.1 Å². The summed E-state index contributed by atoms with van der Waals surface area (Å²) in [5.41, 5.74) is 8.07. The summed E-state index contributed by atoms with van der Waals surface area (Å²) in [6.07, 6.45) is 2.38. The maximum absolute atomic E-state index is 5.99. The number of likely N-dealkylation sites (N-methyl/N-ethyl adjacent to an activating group) is 1. The predicted molar refractivity (Wildman–Crippen MR) is 83.3 cm³/mol. The Labute approximate surface area is 126 Å². The summed E-state index contributed by atoms with van der Waals surface area (Å²) in [5, 5.41) is 3.86. The first-order chi connectivity index (χ1) is 9.10. The van der Waals surface area contributed by atoms with Crippen molar-refractivity contribution in [2.45, 2.75) is 12.5 Å². The number of hydrogen-bond acceptors (Lipinski definition) is 3. The van der Waals surface area contributed by atoms with E-state index in [1.807, 2.05) is 25.2 Å². The van der Waals surface area contributed by atoms with Gasteiger partial charge in [-0.15, -0.1) is 0 Å². The molecule has 3 N–H and O–H groups in total. The number of anilines is 1. The highest BCUT2D eigenvalue weighted by Crippen LogP contribution is 2.25. The monoisotopic (exact) mass is 339 g/mol. The summed E-state index contributed by atoms with van der Waals surface area (Å²) < 4.78 is 1.07. The van der Waals surface area contributed by atoms with Crippen LogP contribution in [0, 0.1) is 0 Å². The van der Waals surface area contributed by atoms with Crippen LogP contribution in [0.25, 0.3) is 0 Å². The normalized spacial score (nSPS) is 12.4. The van der Waals surface area contributed by atoms with E-state index in [2.05, 4.69) is 38.4 Å². The van der Waals surface area contributed by atoms with Gasteiger partial charge in [0.05, 0.1) is 5.02 Å². The molecule has 0 fully saturated rings. The zero-order chi connectivity index (χ0) is 13.8. The van der Waals surface area contributed by atoms with E-state index in [1.54, 1.807) is 6.20 Å². The molecule has 0 radical (unpaired) electrons. The van der Waals surface area contributed by atoms with Gasteiger partial charge >= 0.3 is 0 Å². The molecule has 100 valence electrons. The minimum Gasteiger partial charge on any atom is -0.383 e. The highest BCUT2D eigenvalue weighted by Gasteiger charge is 2.14. The van der Waals surface area contributed by atoms with Gasteiger partial charge in [-0.3, -0.25) is 0 Å². The lowest BCUT2D eigenvalue weighted by molar-refractivity contribution is 0.592. The van der Waals surface area contributed by atoms with Crippen molar-refractivity contribution in [2.24, 2.45) is 0 Å². The maximum Gasteiger partial charge on any atom is 0.128 e. The highest BCUT2D eigenvalue weighted by atomic mass is 79.9. The zero-order valence-corrected chi connectivity index (χ0v) is 12.9. The third kappa shape index (κ3) is 3.69. The molecule has 0 bridgehead atoms. The molecule has 1 aromatic carbocycles. The SMILES string of the molecule is CNC(Cc1cccc(Br)c1)c1cc(Cl)cnc1N. The topological polar surface area (TPSA) is 50.9 Å². The molecule has 0 saturated carbocycles. The number of aromatic nitrogens is 1. The third-order valence-electron chi connectivity index (χ3n) is 2.97. The lowest BCUT2D eigenvalue weighted by Crippen LogP contribution is -2.20. The molecule has 3 nitrogen and oxygen atoms in total. The van der Waals surface area contributed by atoms with Gasteiger partial charge in [-0.1, -0.05) is 39.7 Å². The molecule has 1 heterocycles. The van der Waals surface area contributed by atoms with Crippen molar-refractivity contribution in [3.8, 4) is 0 Å². The molecular weight excluding hydrogens is 326 g/mol. The molecule has 0 amide bonds. The quantitative estimate of drug-likeness (QED) is 0.894. The van der Waals surface area contributed by atoms with Gasteiger partial charge in [-0.2, -0.15) is 0 Å². The van der Waals surface area contributed by atoms with Crippen molar-refractivity contribution in [1.29, 1.82) is 0 Å². The number of nitrogens with two attached hydrogens (primary N) is 1. The molecule has 2 aromatic rings. The van der Waals surface area contributed by atoms with Crippen LogP contribution >= 0.6 is 27.5 Å². The minimum absolute atomic E-state index is 0.0838. The van der Waals surface area contributed by atoms with Gasteiger partial charge in [0.15, 0.2) is 0 Å². The van der Waals surface area contributed by atoms with Gasteiger partial charge < -0.3 is 11.1 Å². The molecule has 0 saturated heterocycles. The summed E-state index contributed by atoms with van der Waals surface area (Å²) in [6, 6.07) is 10.2. The van der Waals surface area contributed by atoms with Crippen LogP contribution in [0.2, 0.25) is 5.02 Å². The largest absolute Gasteiger partial charge is 0.383 e. The first kappa shape index (κ1) is 14.3. The van der Waals surface area contributed by atoms with Crippen LogP contribution in [0.1, 0.15) is 17.2 Å². The Bertz CT molecular complexity index is 574. The number of benzene rings is 1. The van der Waals surface area contributed by atoms with E-state index < -0.39 is 0 Å². The van der Waals surface area contributed by atoms with E-state index in [0.717, 1.165) is 16.5 Å². The van der Waals surface area contributed by atoms with Gasteiger partial charge in [0.1, 0.15) is 5.82 Å². The summed E-state index contributed by atoms with van der Waals surface area (Å²) in [5.74, 6) is 0.513. The van der Waals surface area contributed by atoms with Crippen molar-refractivity contribution in [3.63, 3.8) is 0 Å². The first-order valence-corrected chi connectivity index (χ1v) is 7.10. The smallest absolute Gasteiger partial charge is 0.128 e. The Kier molecular flexibility index (Phi) is 4.80. The van der Waals surface area contributed by atoms with Crippen LogP contribution in [0.5, 0.6) is 0 Å². The summed E-state index contributed by atoms with van der Waals surface area (Å²) in [7, 11) is 1.91. The molecule has 19 heavy (non-hydrogen) atoms. The average molecular weight is 341 g/mol. The first-order valence-electron chi connectivity index (χ1n) is 5.92. The Morgan fingerprint density at radius 1 is 1.42 bits per heavy atom. The molecular formula is C14H15BrClN3. The van der Waals surface area contributed by atoms with Gasteiger partial charge in [0.2, 0.25) is 0 Å². The van der Waals surface area contributed by atoms with Crippen LogP contribution in [-0.2, 0) is 6.42 Å². The third-order valence-corrected chi connectivity index (χ3v) is 3.67. The summed E-state index contributed by atoms with van der Waals surface area (Å²) in [6.45, 7) is 0. The Morgan fingerprint density at radius 3 is 2.89 bits per heavy atom. The van der Waals surface area contributed by atoms with Crippen LogP contribution in [-0.4, -0.2) is 12.0 Å². The Balaban J connectivity index is 2.27. The Hall–Kier alpha value is -1.10. The number of nitrogens with one attached hydrogen (secondary N) is 1. The van der Waals surface area contributed by atoms with Crippen LogP contribution in [0.15, 0.2) is 41.0 Å². The van der Waals surface area contributed by atoms with E-state index in [1.165, 1.54) is 5.56 Å². The number of rotatable bonds is 4. The lowest BCUT2D eigenvalue weighted by Gasteiger charge is -2.18. The van der Waals surface area contributed by atoms with Crippen molar-refractivity contribution < 1.29 is 0 Å². The molecule has 2 rings (SSSR count). The highest BCUT2D eigenvalue weighted by molar-refractivity contribution is 9.10. The predicted octanol–water partition coefficient (Wildman–Crippen LogP) is 3.58. The fourth-order valence-electron chi connectivity index (χ4n) is 2.01.